The molecule has 0 bridgehead atoms. The topological polar surface area (TPSA) is 67.4 Å². The molecule has 1 aromatic rings. The fourth-order valence-corrected chi connectivity index (χ4v) is 4.61. The molecule has 2 rings (SSSR count). The quantitative estimate of drug-likeness (QED) is 0.824. The number of aryl methyl sites for hydroxylation is 1. The summed E-state index contributed by atoms with van der Waals surface area (Å²) in [7, 11) is -1.92. The number of methoxy groups -OCH3 is 1. The standard InChI is InChI=1S/C18H30N2O3S/c1-13(2)15-11-17(14(3)10-16(15)23-5)24(21,22)20-12-18(4)6-8-19-9-7-18/h10-11,13,19-20H,6-9,12H2,1-5H3. The molecule has 1 heterocycles. The van der Waals surface area contributed by atoms with Crippen LogP contribution < -0.4 is 14.8 Å². The zero-order valence-electron chi connectivity index (χ0n) is 15.4. The van der Waals surface area contributed by atoms with Crippen LogP contribution in [0.3, 0.4) is 0 Å². The molecular formula is C18H30N2O3S. The molecule has 1 aliphatic heterocycles. The Balaban J connectivity index is 2.26. The highest BCUT2D eigenvalue weighted by atomic mass is 32.2. The van der Waals surface area contributed by atoms with Crippen molar-refractivity contribution >= 4 is 10.0 Å². The molecular weight excluding hydrogens is 324 g/mol. The summed E-state index contributed by atoms with van der Waals surface area (Å²) in [4.78, 5) is 0.351. The van der Waals surface area contributed by atoms with Gasteiger partial charge in [-0.05, 0) is 67.4 Å². The van der Waals surface area contributed by atoms with Gasteiger partial charge in [-0.1, -0.05) is 20.8 Å². The van der Waals surface area contributed by atoms with Crippen LogP contribution in [0.4, 0.5) is 0 Å². The first kappa shape index (κ1) is 19.2. The van der Waals surface area contributed by atoms with Gasteiger partial charge in [-0.3, -0.25) is 0 Å². The SMILES string of the molecule is COc1cc(C)c(S(=O)(=O)NCC2(C)CCNCC2)cc1C(C)C. The van der Waals surface area contributed by atoms with Crippen LogP contribution in [0, 0.1) is 12.3 Å². The smallest absolute Gasteiger partial charge is 0.240 e. The Bertz CT molecular complexity index is 678. The monoisotopic (exact) mass is 354 g/mol. The number of piperidine rings is 1. The molecule has 5 nitrogen and oxygen atoms in total. The van der Waals surface area contributed by atoms with Crippen LogP contribution in [-0.4, -0.2) is 35.2 Å². The fourth-order valence-electron chi connectivity index (χ4n) is 3.15. The second-order valence-electron chi connectivity index (χ2n) is 7.40. The Kier molecular flexibility index (Phi) is 5.94. The second-order valence-corrected chi connectivity index (χ2v) is 9.13. The molecule has 0 spiro atoms. The molecule has 1 fully saturated rings. The number of ether oxygens (including phenoxy) is 1. The maximum atomic E-state index is 12.8. The molecule has 0 aromatic heterocycles. The third kappa shape index (κ3) is 4.29. The molecule has 0 radical (unpaired) electrons. The molecule has 1 aliphatic rings. The van der Waals surface area contributed by atoms with Gasteiger partial charge in [-0.25, -0.2) is 13.1 Å². The average Bonchev–Trinajstić information content (AvgIpc) is 2.53. The normalized spacial score (nSPS) is 17.9. The van der Waals surface area contributed by atoms with E-state index in [1.165, 1.54) is 0 Å². The Morgan fingerprint density at radius 2 is 1.92 bits per heavy atom. The van der Waals surface area contributed by atoms with Gasteiger partial charge in [0.15, 0.2) is 0 Å². The molecule has 1 saturated heterocycles. The van der Waals surface area contributed by atoms with Gasteiger partial charge in [-0.2, -0.15) is 0 Å². The fraction of sp³-hybridized carbons (Fsp3) is 0.667. The summed E-state index contributed by atoms with van der Waals surface area (Å²) in [6, 6.07) is 3.57. The number of benzene rings is 1. The van der Waals surface area contributed by atoms with Crippen molar-refractivity contribution in [1.82, 2.24) is 10.0 Å². The largest absolute Gasteiger partial charge is 0.496 e. The van der Waals surface area contributed by atoms with Crippen LogP contribution in [0.1, 0.15) is 50.7 Å². The van der Waals surface area contributed by atoms with E-state index in [0.29, 0.717) is 17.0 Å². The molecule has 0 saturated carbocycles. The van der Waals surface area contributed by atoms with Crippen molar-refractivity contribution in [2.75, 3.05) is 26.7 Å². The van der Waals surface area contributed by atoms with E-state index in [1.54, 1.807) is 13.2 Å². The van der Waals surface area contributed by atoms with Crippen LogP contribution in [0.5, 0.6) is 5.75 Å². The molecule has 0 amide bonds. The van der Waals surface area contributed by atoms with E-state index in [1.807, 2.05) is 26.8 Å². The minimum absolute atomic E-state index is 0.0135. The van der Waals surface area contributed by atoms with Crippen molar-refractivity contribution in [2.45, 2.75) is 51.3 Å². The maximum absolute atomic E-state index is 12.8. The minimum Gasteiger partial charge on any atom is -0.496 e. The number of sulfonamides is 1. The third-order valence-corrected chi connectivity index (χ3v) is 6.48. The highest BCUT2D eigenvalue weighted by Gasteiger charge is 2.29. The summed E-state index contributed by atoms with van der Waals surface area (Å²) >= 11 is 0. The van der Waals surface area contributed by atoms with Crippen LogP contribution in [0.15, 0.2) is 17.0 Å². The summed E-state index contributed by atoms with van der Waals surface area (Å²) in [6.45, 7) is 10.4. The Hall–Kier alpha value is -1.11. The zero-order valence-corrected chi connectivity index (χ0v) is 16.2. The molecule has 136 valence electrons. The van der Waals surface area contributed by atoms with Crippen LogP contribution in [0.25, 0.3) is 0 Å². The van der Waals surface area contributed by atoms with Gasteiger partial charge in [0, 0.05) is 6.54 Å². The van der Waals surface area contributed by atoms with Gasteiger partial charge in [-0.15, -0.1) is 0 Å². The first-order chi connectivity index (χ1) is 11.2. The number of hydrogen-bond acceptors (Lipinski definition) is 4. The predicted octanol–water partition coefficient (Wildman–Crippen LogP) is 2.80. The lowest BCUT2D eigenvalue weighted by atomic mass is 9.81. The van der Waals surface area contributed by atoms with Crippen LogP contribution in [-0.2, 0) is 10.0 Å². The van der Waals surface area contributed by atoms with E-state index in [0.717, 1.165) is 37.2 Å². The lowest BCUT2D eigenvalue weighted by Crippen LogP contribution is -2.43. The summed E-state index contributed by atoms with van der Waals surface area (Å²) in [5, 5.41) is 3.32. The maximum Gasteiger partial charge on any atom is 0.240 e. The van der Waals surface area contributed by atoms with E-state index in [2.05, 4.69) is 17.0 Å². The van der Waals surface area contributed by atoms with Crippen molar-refractivity contribution in [2.24, 2.45) is 5.41 Å². The van der Waals surface area contributed by atoms with E-state index < -0.39 is 10.0 Å². The first-order valence-electron chi connectivity index (χ1n) is 8.57. The third-order valence-electron chi connectivity index (χ3n) is 4.94. The lowest BCUT2D eigenvalue weighted by molar-refractivity contribution is 0.232. The first-order valence-corrected chi connectivity index (χ1v) is 10.1. The van der Waals surface area contributed by atoms with Gasteiger partial charge in [0.05, 0.1) is 12.0 Å². The van der Waals surface area contributed by atoms with Crippen molar-refractivity contribution in [1.29, 1.82) is 0 Å². The Morgan fingerprint density at radius 1 is 1.29 bits per heavy atom. The van der Waals surface area contributed by atoms with Gasteiger partial charge in [0.25, 0.3) is 0 Å². The molecule has 0 unspecified atom stereocenters. The highest BCUT2D eigenvalue weighted by Crippen LogP contribution is 2.32. The molecule has 24 heavy (non-hydrogen) atoms. The summed E-state index contributed by atoms with van der Waals surface area (Å²) in [5.74, 6) is 0.934. The van der Waals surface area contributed by atoms with Gasteiger partial charge in [0.2, 0.25) is 10.0 Å². The van der Waals surface area contributed by atoms with Gasteiger partial charge < -0.3 is 10.1 Å². The second kappa shape index (κ2) is 7.42. The van der Waals surface area contributed by atoms with Gasteiger partial charge in [0.1, 0.15) is 5.75 Å². The molecule has 0 atom stereocenters. The number of nitrogens with one attached hydrogen (secondary N) is 2. The summed E-state index contributed by atoms with van der Waals surface area (Å²) in [5.41, 5.74) is 1.63. The average molecular weight is 355 g/mol. The summed E-state index contributed by atoms with van der Waals surface area (Å²) < 4.78 is 33.9. The number of rotatable bonds is 6. The zero-order chi connectivity index (χ0) is 18.0. The van der Waals surface area contributed by atoms with E-state index in [-0.39, 0.29) is 11.3 Å². The van der Waals surface area contributed by atoms with Crippen LogP contribution >= 0.6 is 0 Å². The lowest BCUT2D eigenvalue weighted by Gasteiger charge is -2.34. The molecule has 1 aromatic carbocycles. The van der Waals surface area contributed by atoms with Crippen molar-refractivity contribution in [3.63, 3.8) is 0 Å². The number of hydrogen-bond donors (Lipinski definition) is 2. The van der Waals surface area contributed by atoms with E-state index in [9.17, 15) is 8.42 Å². The Morgan fingerprint density at radius 3 is 2.46 bits per heavy atom. The molecule has 0 aliphatic carbocycles. The van der Waals surface area contributed by atoms with Crippen molar-refractivity contribution < 1.29 is 13.2 Å². The van der Waals surface area contributed by atoms with Crippen molar-refractivity contribution in [3.8, 4) is 5.75 Å². The summed E-state index contributed by atoms with van der Waals surface area (Å²) in [6.07, 6.45) is 1.96. The molecule has 2 N–H and O–H groups in total. The van der Waals surface area contributed by atoms with Crippen LogP contribution in [0.2, 0.25) is 0 Å². The predicted molar refractivity (Wildman–Crippen MR) is 97.2 cm³/mol. The van der Waals surface area contributed by atoms with Gasteiger partial charge >= 0.3 is 0 Å². The minimum atomic E-state index is -3.54. The molecule has 6 heteroatoms. The van der Waals surface area contributed by atoms with E-state index in [4.69, 9.17) is 4.74 Å². The van der Waals surface area contributed by atoms with E-state index >= 15 is 0 Å². The van der Waals surface area contributed by atoms with Crippen molar-refractivity contribution in [3.05, 3.63) is 23.3 Å². The Labute approximate surface area is 146 Å². The highest BCUT2D eigenvalue weighted by molar-refractivity contribution is 7.89.